The van der Waals surface area contributed by atoms with Gasteiger partial charge in [-0.25, -0.2) is 0 Å². The lowest BCUT2D eigenvalue weighted by Crippen LogP contribution is -2.12. The first-order valence-electron chi connectivity index (χ1n) is 3.62. The standard InChI is InChI=1S/C8H15NO2/c1-6(2)11-5-4-7(3)8(9)10/h4,6H,5H2,1-3H3,(H2,9,10). The van der Waals surface area contributed by atoms with Crippen LogP contribution in [0.4, 0.5) is 0 Å². The zero-order chi connectivity index (χ0) is 8.85. The Hall–Kier alpha value is -0.830. The van der Waals surface area contributed by atoms with Gasteiger partial charge < -0.3 is 10.5 Å². The summed E-state index contributed by atoms with van der Waals surface area (Å²) in [7, 11) is 0. The summed E-state index contributed by atoms with van der Waals surface area (Å²) in [6.45, 7) is 6.00. The van der Waals surface area contributed by atoms with Crippen molar-refractivity contribution in [2.75, 3.05) is 6.61 Å². The number of carbonyl (C=O) groups is 1. The highest BCUT2D eigenvalue weighted by Gasteiger charge is 1.95. The van der Waals surface area contributed by atoms with E-state index in [0.717, 1.165) is 0 Å². The van der Waals surface area contributed by atoms with E-state index in [9.17, 15) is 4.79 Å². The molecule has 0 spiro atoms. The molecule has 0 aromatic rings. The molecular formula is C8H15NO2. The van der Waals surface area contributed by atoms with Crippen molar-refractivity contribution in [1.29, 1.82) is 0 Å². The summed E-state index contributed by atoms with van der Waals surface area (Å²) < 4.78 is 5.18. The Bertz CT molecular complexity index is 161. The second kappa shape index (κ2) is 4.91. The Kier molecular flexibility index (Phi) is 4.54. The van der Waals surface area contributed by atoms with Crippen molar-refractivity contribution >= 4 is 5.91 Å². The number of hydrogen-bond donors (Lipinski definition) is 1. The molecule has 0 heterocycles. The molecular weight excluding hydrogens is 142 g/mol. The molecule has 3 nitrogen and oxygen atoms in total. The lowest BCUT2D eigenvalue weighted by atomic mass is 10.3. The number of amides is 1. The molecule has 0 aliphatic carbocycles. The summed E-state index contributed by atoms with van der Waals surface area (Å²) in [4.78, 5) is 10.5. The second-order valence-electron chi connectivity index (χ2n) is 2.63. The van der Waals surface area contributed by atoms with E-state index in [-0.39, 0.29) is 6.10 Å². The van der Waals surface area contributed by atoms with Gasteiger partial charge in [-0.2, -0.15) is 0 Å². The van der Waals surface area contributed by atoms with Crippen LogP contribution in [0.15, 0.2) is 11.6 Å². The van der Waals surface area contributed by atoms with Crippen LogP contribution in [-0.2, 0) is 9.53 Å². The molecule has 64 valence electrons. The quantitative estimate of drug-likeness (QED) is 0.615. The van der Waals surface area contributed by atoms with E-state index >= 15 is 0 Å². The molecule has 0 aliphatic heterocycles. The first-order valence-corrected chi connectivity index (χ1v) is 3.62. The Morgan fingerprint density at radius 2 is 2.18 bits per heavy atom. The molecule has 11 heavy (non-hydrogen) atoms. The molecule has 0 fully saturated rings. The first kappa shape index (κ1) is 10.2. The Morgan fingerprint density at radius 3 is 2.55 bits per heavy atom. The van der Waals surface area contributed by atoms with Gasteiger partial charge in [0.25, 0.3) is 0 Å². The second-order valence-corrected chi connectivity index (χ2v) is 2.63. The average molecular weight is 157 g/mol. The van der Waals surface area contributed by atoms with Crippen molar-refractivity contribution in [1.82, 2.24) is 0 Å². The predicted octanol–water partition coefficient (Wildman–Crippen LogP) is 0.843. The first-order chi connectivity index (χ1) is 5.04. The summed E-state index contributed by atoms with van der Waals surface area (Å²) in [5, 5.41) is 0. The molecule has 0 saturated heterocycles. The van der Waals surface area contributed by atoms with Gasteiger partial charge in [-0.3, -0.25) is 4.79 Å². The van der Waals surface area contributed by atoms with Gasteiger partial charge >= 0.3 is 0 Å². The topological polar surface area (TPSA) is 52.3 Å². The predicted molar refractivity (Wildman–Crippen MR) is 44.0 cm³/mol. The van der Waals surface area contributed by atoms with Crippen LogP contribution in [0.3, 0.4) is 0 Å². The van der Waals surface area contributed by atoms with Crippen molar-refractivity contribution < 1.29 is 9.53 Å². The monoisotopic (exact) mass is 157 g/mol. The van der Waals surface area contributed by atoms with Crippen LogP contribution in [0.2, 0.25) is 0 Å². The number of nitrogens with two attached hydrogens (primary N) is 1. The number of carbonyl (C=O) groups excluding carboxylic acids is 1. The maximum atomic E-state index is 10.5. The lowest BCUT2D eigenvalue weighted by molar-refractivity contribution is -0.114. The minimum Gasteiger partial charge on any atom is -0.375 e. The molecule has 0 aromatic carbocycles. The van der Waals surface area contributed by atoms with Gasteiger partial charge in [-0.1, -0.05) is 6.08 Å². The van der Waals surface area contributed by atoms with E-state index in [1.807, 2.05) is 13.8 Å². The van der Waals surface area contributed by atoms with E-state index in [2.05, 4.69) is 0 Å². The third-order valence-corrected chi connectivity index (χ3v) is 1.21. The highest BCUT2D eigenvalue weighted by Crippen LogP contribution is 1.93. The zero-order valence-electron chi connectivity index (χ0n) is 7.26. The van der Waals surface area contributed by atoms with Crippen LogP contribution in [0.5, 0.6) is 0 Å². The lowest BCUT2D eigenvalue weighted by Gasteiger charge is -2.03. The van der Waals surface area contributed by atoms with Gasteiger partial charge in [-0.05, 0) is 20.8 Å². The van der Waals surface area contributed by atoms with Crippen molar-refractivity contribution in [3.05, 3.63) is 11.6 Å². The summed E-state index contributed by atoms with van der Waals surface area (Å²) in [6.07, 6.45) is 1.87. The SMILES string of the molecule is CC(=CCOC(C)C)C(N)=O. The highest BCUT2D eigenvalue weighted by molar-refractivity contribution is 5.91. The van der Waals surface area contributed by atoms with Crippen molar-refractivity contribution in [3.63, 3.8) is 0 Å². The molecule has 0 aromatic heterocycles. The van der Waals surface area contributed by atoms with Crippen LogP contribution < -0.4 is 5.73 Å². The Morgan fingerprint density at radius 1 is 1.64 bits per heavy atom. The van der Waals surface area contributed by atoms with Gasteiger partial charge in [0.1, 0.15) is 0 Å². The molecule has 0 aliphatic rings. The third-order valence-electron chi connectivity index (χ3n) is 1.21. The molecule has 2 N–H and O–H groups in total. The fraction of sp³-hybridized carbons (Fsp3) is 0.625. The maximum absolute atomic E-state index is 10.5. The number of rotatable bonds is 4. The number of hydrogen-bond acceptors (Lipinski definition) is 2. The van der Waals surface area contributed by atoms with Crippen molar-refractivity contribution in [2.24, 2.45) is 5.73 Å². The molecule has 0 rings (SSSR count). The van der Waals surface area contributed by atoms with E-state index in [4.69, 9.17) is 10.5 Å². The van der Waals surface area contributed by atoms with Crippen LogP contribution in [-0.4, -0.2) is 18.6 Å². The van der Waals surface area contributed by atoms with Gasteiger partial charge in [-0.15, -0.1) is 0 Å². The van der Waals surface area contributed by atoms with Gasteiger partial charge in [0.2, 0.25) is 5.91 Å². The molecule has 0 bridgehead atoms. The molecule has 0 atom stereocenters. The zero-order valence-corrected chi connectivity index (χ0v) is 7.26. The fourth-order valence-electron chi connectivity index (χ4n) is 0.466. The van der Waals surface area contributed by atoms with Crippen LogP contribution >= 0.6 is 0 Å². The summed E-state index contributed by atoms with van der Waals surface area (Å²) >= 11 is 0. The van der Waals surface area contributed by atoms with Gasteiger partial charge in [0.05, 0.1) is 12.7 Å². The third kappa shape index (κ3) is 5.61. The average Bonchev–Trinajstić information content (AvgIpc) is 1.86. The van der Waals surface area contributed by atoms with Crippen LogP contribution in [0, 0.1) is 0 Å². The normalized spacial score (nSPS) is 12.2. The van der Waals surface area contributed by atoms with Crippen LogP contribution in [0.25, 0.3) is 0 Å². The van der Waals surface area contributed by atoms with E-state index < -0.39 is 5.91 Å². The smallest absolute Gasteiger partial charge is 0.244 e. The van der Waals surface area contributed by atoms with E-state index in [1.165, 1.54) is 0 Å². The number of primary amides is 1. The summed E-state index contributed by atoms with van der Waals surface area (Å²) in [5.41, 5.74) is 5.54. The molecule has 3 heteroatoms. The summed E-state index contributed by atoms with van der Waals surface area (Å²) in [5.74, 6) is -0.391. The van der Waals surface area contributed by atoms with Gasteiger partial charge in [0.15, 0.2) is 0 Å². The van der Waals surface area contributed by atoms with E-state index in [0.29, 0.717) is 12.2 Å². The van der Waals surface area contributed by atoms with Crippen molar-refractivity contribution in [3.8, 4) is 0 Å². The Balaban J connectivity index is 3.65. The van der Waals surface area contributed by atoms with E-state index in [1.54, 1.807) is 13.0 Å². The molecule has 1 amide bonds. The largest absolute Gasteiger partial charge is 0.375 e. The summed E-state index contributed by atoms with van der Waals surface area (Å²) in [6, 6.07) is 0. The fourth-order valence-corrected chi connectivity index (χ4v) is 0.466. The van der Waals surface area contributed by atoms with Crippen LogP contribution in [0.1, 0.15) is 20.8 Å². The molecule has 0 radical (unpaired) electrons. The number of ether oxygens (including phenoxy) is 1. The molecule has 0 saturated carbocycles. The van der Waals surface area contributed by atoms with Gasteiger partial charge in [0, 0.05) is 5.57 Å². The van der Waals surface area contributed by atoms with Crippen molar-refractivity contribution in [2.45, 2.75) is 26.9 Å². The Labute approximate surface area is 67.2 Å². The maximum Gasteiger partial charge on any atom is 0.244 e. The highest BCUT2D eigenvalue weighted by atomic mass is 16.5. The minimum atomic E-state index is -0.391. The minimum absolute atomic E-state index is 0.187. The molecule has 0 unspecified atom stereocenters.